The summed E-state index contributed by atoms with van der Waals surface area (Å²) in [5, 5.41) is 12.2. The van der Waals surface area contributed by atoms with Crippen molar-refractivity contribution in [3.8, 4) is 0 Å². The molecule has 1 aromatic heterocycles. The van der Waals surface area contributed by atoms with Crippen molar-refractivity contribution < 1.29 is 9.90 Å². The van der Waals surface area contributed by atoms with Crippen molar-refractivity contribution in [3.05, 3.63) is 18.6 Å². The van der Waals surface area contributed by atoms with Crippen LogP contribution in [0.2, 0.25) is 0 Å². The average molecular weight is 236 g/mol. The van der Waals surface area contributed by atoms with Crippen LogP contribution in [0.4, 0.5) is 10.6 Å². The third-order valence-corrected chi connectivity index (χ3v) is 2.95. The number of hydrogen-bond donors (Lipinski definition) is 2. The summed E-state index contributed by atoms with van der Waals surface area (Å²) in [5.74, 6) is 0.684. The molecule has 2 N–H and O–H groups in total. The number of rotatable bonds is 3. The third-order valence-electron chi connectivity index (χ3n) is 2.95. The normalized spacial score (nSPS) is 20.0. The van der Waals surface area contributed by atoms with Crippen molar-refractivity contribution in [2.75, 3.05) is 18.4 Å². The first-order valence-corrected chi connectivity index (χ1v) is 5.77. The summed E-state index contributed by atoms with van der Waals surface area (Å²) in [4.78, 5) is 20.6. The first-order chi connectivity index (χ1) is 8.27. The highest BCUT2D eigenvalue weighted by molar-refractivity contribution is 5.65. The molecule has 2 rings (SSSR count). The van der Waals surface area contributed by atoms with Gasteiger partial charge >= 0.3 is 6.09 Å². The van der Waals surface area contributed by atoms with Gasteiger partial charge in [-0.15, -0.1) is 0 Å². The molecule has 0 spiro atoms. The number of carboxylic acid groups (broad SMARTS) is 1. The Labute approximate surface area is 99.7 Å². The summed E-state index contributed by atoms with van der Waals surface area (Å²) in [7, 11) is 0. The lowest BCUT2D eigenvalue weighted by molar-refractivity contribution is 0.110. The zero-order chi connectivity index (χ0) is 12.1. The van der Waals surface area contributed by atoms with Crippen LogP contribution in [0.15, 0.2) is 18.6 Å². The van der Waals surface area contributed by atoms with Crippen LogP contribution in [-0.2, 0) is 0 Å². The van der Waals surface area contributed by atoms with E-state index < -0.39 is 6.09 Å². The van der Waals surface area contributed by atoms with Crippen molar-refractivity contribution in [1.82, 2.24) is 14.9 Å². The van der Waals surface area contributed by atoms with Gasteiger partial charge in [-0.25, -0.2) is 9.78 Å². The third kappa shape index (κ3) is 3.05. The standard InChI is InChI=1S/C11H16N4O2/c16-11(17)15-6-2-1-3-9(15)7-14-10-8-12-4-5-13-10/h4-5,8-9H,1-3,6-7H2,(H,13,14)(H,16,17)/t9-/m0/s1. The van der Waals surface area contributed by atoms with E-state index in [1.54, 1.807) is 18.6 Å². The van der Waals surface area contributed by atoms with Gasteiger partial charge in [-0.05, 0) is 19.3 Å². The smallest absolute Gasteiger partial charge is 0.407 e. The van der Waals surface area contributed by atoms with Crippen molar-refractivity contribution in [2.45, 2.75) is 25.3 Å². The first-order valence-electron chi connectivity index (χ1n) is 5.77. The molecule has 0 saturated carbocycles. The lowest BCUT2D eigenvalue weighted by Gasteiger charge is -2.33. The highest BCUT2D eigenvalue weighted by atomic mass is 16.4. The molecule has 0 radical (unpaired) electrons. The largest absolute Gasteiger partial charge is 0.465 e. The molecule has 0 bridgehead atoms. The molecule has 6 heteroatoms. The summed E-state index contributed by atoms with van der Waals surface area (Å²) in [6.45, 7) is 1.22. The lowest BCUT2D eigenvalue weighted by Crippen LogP contribution is -2.46. The Hall–Kier alpha value is -1.85. The second-order valence-corrected chi connectivity index (χ2v) is 4.10. The minimum absolute atomic E-state index is 0.0308. The molecule has 1 saturated heterocycles. The molecular formula is C11H16N4O2. The molecule has 1 aliphatic rings. The maximum absolute atomic E-state index is 11.0. The van der Waals surface area contributed by atoms with Crippen LogP contribution in [0, 0.1) is 0 Å². The Bertz CT molecular complexity index is 371. The first kappa shape index (κ1) is 11.6. The van der Waals surface area contributed by atoms with Gasteiger partial charge < -0.3 is 15.3 Å². The minimum atomic E-state index is -0.837. The number of anilines is 1. The summed E-state index contributed by atoms with van der Waals surface area (Å²) >= 11 is 0. The van der Waals surface area contributed by atoms with E-state index in [2.05, 4.69) is 15.3 Å². The topological polar surface area (TPSA) is 78.4 Å². The molecule has 0 unspecified atom stereocenters. The van der Waals surface area contributed by atoms with Gasteiger partial charge in [-0.2, -0.15) is 0 Å². The zero-order valence-electron chi connectivity index (χ0n) is 9.54. The Morgan fingerprint density at radius 3 is 3.12 bits per heavy atom. The fourth-order valence-electron chi connectivity index (χ4n) is 2.08. The van der Waals surface area contributed by atoms with Crippen LogP contribution in [0.3, 0.4) is 0 Å². The van der Waals surface area contributed by atoms with Crippen molar-refractivity contribution in [3.63, 3.8) is 0 Å². The van der Waals surface area contributed by atoms with Gasteiger partial charge in [-0.1, -0.05) is 0 Å². The van der Waals surface area contributed by atoms with Crippen LogP contribution < -0.4 is 5.32 Å². The molecule has 1 amide bonds. The molecule has 6 nitrogen and oxygen atoms in total. The number of nitrogens with zero attached hydrogens (tertiary/aromatic N) is 3. The summed E-state index contributed by atoms with van der Waals surface area (Å²) in [6.07, 6.45) is 6.95. The van der Waals surface area contributed by atoms with Crippen LogP contribution in [-0.4, -0.2) is 45.2 Å². The lowest BCUT2D eigenvalue weighted by atomic mass is 10.0. The number of carbonyl (C=O) groups is 1. The van der Waals surface area contributed by atoms with Gasteiger partial charge in [0.1, 0.15) is 5.82 Å². The highest BCUT2D eigenvalue weighted by Crippen LogP contribution is 2.17. The fraction of sp³-hybridized carbons (Fsp3) is 0.545. The Kier molecular flexibility index (Phi) is 3.74. The molecular weight excluding hydrogens is 220 g/mol. The van der Waals surface area contributed by atoms with Crippen molar-refractivity contribution in [2.24, 2.45) is 0 Å². The molecule has 2 heterocycles. The van der Waals surface area contributed by atoms with E-state index in [0.717, 1.165) is 19.3 Å². The number of aromatic nitrogens is 2. The van der Waals surface area contributed by atoms with Crippen LogP contribution >= 0.6 is 0 Å². The maximum atomic E-state index is 11.0. The molecule has 17 heavy (non-hydrogen) atoms. The van der Waals surface area contributed by atoms with E-state index in [4.69, 9.17) is 5.11 Å². The molecule has 1 aromatic rings. The molecule has 0 aliphatic carbocycles. The fourth-order valence-corrected chi connectivity index (χ4v) is 2.08. The van der Waals surface area contributed by atoms with Crippen LogP contribution in [0.1, 0.15) is 19.3 Å². The number of amides is 1. The summed E-state index contributed by atoms with van der Waals surface area (Å²) < 4.78 is 0. The average Bonchev–Trinajstić information content (AvgIpc) is 2.38. The van der Waals surface area contributed by atoms with E-state index in [1.165, 1.54) is 4.90 Å². The number of hydrogen-bond acceptors (Lipinski definition) is 4. The monoisotopic (exact) mass is 236 g/mol. The second-order valence-electron chi connectivity index (χ2n) is 4.10. The highest BCUT2D eigenvalue weighted by Gasteiger charge is 2.25. The van der Waals surface area contributed by atoms with E-state index in [-0.39, 0.29) is 6.04 Å². The SMILES string of the molecule is O=C(O)N1CCCC[C@H]1CNc1cnccn1. The van der Waals surface area contributed by atoms with E-state index >= 15 is 0 Å². The molecule has 1 fully saturated rings. The van der Waals surface area contributed by atoms with Gasteiger partial charge in [0.2, 0.25) is 0 Å². The quantitative estimate of drug-likeness (QED) is 0.829. The maximum Gasteiger partial charge on any atom is 0.407 e. The Morgan fingerprint density at radius 1 is 1.53 bits per heavy atom. The summed E-state index contributed by atoms with van der Waals surface area (Å²) in [5.41, 5.74) is 0. The Morgan fingerprint density at radius 2 is 2.41 bits per heavy atom. The zero-order valence-corrected chi connectivity index (χ0v) is 9.54. The van der Waals surface area contributed by atoms with E-state index in [9.17, 15) is 4.79 Å². The molecule has 92 valence electrons. The van der Waals surface area contributed by atoms with Crippen LogP contribution in [0.5, 0.6) is 0 Å². The van der Waals surface area contributed by atoms with E-state index in [0.29, 0.717) is 18.9 Å². The van der Waals surface area contributed by atoms with Gasteiger partial charge in [0, 0.05) is 25.5 Å². The van der Waals surface area contributed by atoms with E-state index in [1.807, 2.05) is 0 Å². The predicted molar refractivity (Wildman–Crippen MR) is 62.9 cm³/mol. The molecule has 0 aromatic carbocycles. The minimum Gasteiger partial charge on any atom is -0.465 e. The second kappa shape index (κ2) is 5.47. The molecule has 1 aliphatic heterocycles. The van der Waals surface area contributed by atoms with Crippen molar-refractivity contribution in [1.29, 1.82) is 0 Å². The number of nitrogens with one attached hydrogen (secondary N) is 1. The predicted octanol–water partition coefficient (Wildman–Crippen LogP) is 1.42. The van der Waals surface area contributed by atoms with Gasteiger partial charge in [-0.3, -0.25) is 4.98 Å². The summed E-state index contributed by atoms with van der Waals surface area (Å²) in [6, 6.07) is 0.0308. The van der Waals surface area contributed by atoms with Gasteiger partial charge in [0.05, 0.1) is 12.2 Å². The number of piperidine rings is 1. The number of likely N-dealkylation sites (tertiary alicyclic amines) is 1. The van der Waals surface area contributed by atoms with Crippen molar-refractivity contribution >= 4 is 11.9 Å². The van der Waals surface area contributed by atoms with Gasteiger partial charge in [0.25, 0.3) is 0 Å². The van der Waals surface area contributed by atoms with Gasteiger partial charge in [0.15, 0.2) is 0 Å². The van der Waals surface area contributed by atoms with Crippen LogP contribution in [0.25, 0.3) is 0 Å². The molecule has 1 atom stereocenters. The Balaban J connectivity index is 1.90.